The third-order valence-electron chi connectivity index (χ3n) is 2.76. The number of nitrogens with two attached hydrogens (primary N) is 1. The molecule has 0 spiro atoms. The Hall–Kier alpha value is -0.170. The average Bonchev–Trinajstić information content (AvgIpc) is 2.24. The van der Waals surface area contributed by atoms with Gasteiger partial charge in [0, 0.05) is 25.2 Å². The van der Waals surface area contributed by atoms with E-state index < -0.39 is 10.2 Å². The highest BCUT2D eigenvalue weighted by molar-refractivity contribution is 7.86. The molecular formula is C9H21N3O2S. The van der Waals surface area contributed by atoms with Crippen molar-refractivity contribution < 1.29 is 8.42 Å². The first-order valence-electron chi connectivity index (χ1n) is 5.24. The van der Waals surface area contributed by atoms with Crippen molar-refractivity contribution in [2.75, 3.05) is 26.2 Å². The molecule has 1 heterocycles. The van der Waals surface area contributed by atoms with Gasteiger partial charge in [0.05, 0.1) is 0 Å². The van der Waals surface area contributed by atoms with Crippen LogP contribution in [0.2, 0.25) is 0 Å². The van der Waals surface area contributed by atoms with Crippen LogP contribution in [-0.2, 0) is 10.2 Å². The molecule has 1 rings (SSSR count). The van der Waals surface area contributed by atoms with E-state index in [1.54, 1.807) is 0 Å². The molecule has 0 atom stereocenters. The second kappa shape index (κ2) is 4.37. The Morgan fingerprint density at radius 2 is 1.67 bits per heavy atom. The first kappa shape index (κ1) is 12.9. The Labute approximate surface area is 92.4 Å². The first-order chi connectivity index (χ1) is 6.71. The summed E-state index contributed by atoms with van der Waals surface area (Å²) < 4.78 is 23.7. The molecule has 5 nitrogen and oxygen atoms in total. The van der Waals surface area contributed by atoms with Crippen molar-refractivity contribution in [3.05, 3.63) is 0 Å². The van der Waals surface area contributed by atoms with E-state index in [4.69, 9.17) is 5.14 Å². The second-order valence-corrected chi connectivity index (χ2v) is 6.50. The fraction of sp³-hybridized carbons (Fsp3) is 1.00. The van der Waals surface area contributed by atoms with Gasteiger partial charge in [0.1, 0.15) is 0 Å². The molecule has 0 aromatic carbocycles. The van der Waals surface area contributed by atoms with Crippen LogP contribution in [-0.4, -0.2) is 49.3 Å². The Morgan fingerprint density at radius 1 is 1.07 bits per heavy atom. The maximum Gasteiger partial charge on any atom is 0.276 e. The van der Waals surface area contributed by atoms with E-state index in [2.05, 4.69) is 25.7 Å². The monoisotopic (exact) mass is 235 g/mol. The standard InChI is InChI=1S/C9H21N3O2S/c1-9(2,3)11-5-4-6-12(8-7-11)15(10,13)14/h4-8H2,1-3H3,(H2,10,13,14). The molecule has 1 fully saturated rings. The van der Waals surface area contributed by atoms with Crippen LogP contribution in [0.3, 0.4) is 0 Å². The molecule has 0 aromatic heterocycles. The van der Waals surface area contributed by atoms with Gasteiger partial charge in [-0.3, -0.25) is 4.90 Å². The molecule has 90 valence electrons. The molecule has 0 radical (unpaired) electrons. The minimum absolute atomic E-state index is 0.0916. The van der Waals surface area contributed by atoms with Crippen molar-refractivity contribution in [3.8, 4) is 0 Å². The maximum atomic E-state index is 11.2. The molecule has 15 heavy (non-hydrogen) atoms. The lowest BCUT2D eigenvalue weighted by Crippen LogP contribution is -2.44. The summed E-state index contributed by atoms with van der Waals surface area (Å²) >= 11 is 0. The second-order valence-electron chi connectivity index (χ2n) is 4.96. The van der Waals surface area contributed by atoms with E-state index >= 15 is 0 Å². The Morgan fingerprint density at radius 3 is 2.13 bits per heavy atom. The third-order valence-corrected chi connectivity index (χ3v) is 3.85. The minimum Gasteiger partial charge on any atom is -0.297 e. The largest absolute Gasteiger partial charge is 0.297 e. The minimum atomic E-state index is -3.51. The van der Waals surface area contributed by atoms with E-state index in [0.29, 0.717) is 13.1 Å². The highest BCUT2D eigenvalue weighted by Gasteiger charge is 2.27. The zero-order valence-corrected chi connectivity index (χ0v) is 10.5. The molecule has 6 heteroatoms. The zero-order valence-electron chi connectivity index (χ0n) is 9.73. The first-order valence-corrected chi connectivity index (χ1v) is 6.74. The Bertz CT molecular complexity index is 308. The Balaban J connectivity index is 2.65. The van der Waals surface area contributed by atoms with E-state index in [9.17, 15) is 8.42 Å². The van der Waals surface area contributed by atoms with Crippen LogP contribution in [0.25, 0.3) is 0 Å². The van der Waals surface area contributed by atoms with Crippen LogP contribution in [0, 0.1) is 0 Å². The fourth-order valence-corrected chi connectivity index (χ4v) is 2.54. The highest BCUT2D eigenvalue weighted by Crippen LogP contribution is 2.16. The van der Waals surface area contributed by atoms with Crippen LogP contribution in [0.4, 0.5) is 0 Å². The van der Waals surface area contributed by atoms with Gasteiger partial charge in [-0.05, 0) is 33.7 Å². The molecule has 1 saturated heterocycles. The van der Waals surface area contributed by atoms with Crippen LogP contribution in [0.1, 0.15) is 27.2 Å². The molecule has 0 unspecified atom stereocenters. The predicted octanol–water partition coefficient (Wildman–Crippen LogP) is -0.00390. The molecule has 0 bridgehead atoms. The SMILES string of the molecule is CC(C)(C)N1CCCN(S(N)(=O)=O)CC1. The lowest BCUT2D eigenvalue weighted by molar-refractivity contribution is 0.145. The molecule has 0 aromatic rings. The summed E-state index contributed by atoms with van der Waals surface area (Å²) in [6.45, 7) is 9.12. The predicted molar refractivity (Wildman–Crippen MR) is 60.6 cm³/mol. The van der Waals surface area contributed by atoms with Crippen molar-refractivity contribution >= 4 is 10.2 Å². The summed E-state index contributed by atoms with van der Waals surface area (Å²) in [4.78, 5) is 2.29. The number of rotatable bonds is 1. The van der Waals surface area contributed by atoms with E-state index in [1.807, 2.05) is 0 Å². The van der Waals surface area contributed by atoms with Gasteiger partial charge in [-0.15, -0.1) is 0 Å². The number of nitrogens with zero attached hydrogens (tertiary/aromatic N) is 2. The van der Waals surface area contributed by atoms with Crippen LogP contribution in [0.5, 0.6) is 0 Å². The van der Waals surface area contributed by atoms with Crippen molar-refractivity contribution in [3.63, 3.8) is 0 Å². The molecule has 0 amide bonds. The van der Waals surface area contributed by atoms with Crippen molar-refractivity contribution in [2.45, 2.75) is 32.7 Å². The van der Waals surface area contributed by atoms with Gasteiger partial charge in [-0.1, -0.05) is 0 Å². The summed E-state index contributed by atoms with van der Waals surface area (Å²) in [5.74, 6) is 0. The molecular weight excluding hydrogens is 214 g/mol. The molecule has 0 saturated carbocycles. The normalized spacial score (nSPS) is 22.7. The zero-order chi connectivity index (χ0) is 11.7. The van der Waals surface area contributed by atoms with Gasteiger partial charge in [0.2, 0.25) is 0 Å². The summed E-state index contributed by atoms with van der Waals surface area (Å²) in [5, 5.41) is 5.11. The molecule has 0 aliphatic carbocycles. The van der Waals surface area contributed by atoms with Gasteiger partial charge in [0.15, 0.2) is 0 Å². The average molecular weight is 235 g/mol. The van der Waals surface area contributed by atoms with E-state index in [-0.39, 0.29) is 5.54 Å². The van der Waals surface area contributed by atoms with Crippen LogP contribution < -0.4 is 5.14 Å². The smallest absolute Gasteiger partial charge is 0.276 e. The summed E-state index contributed by atoms with van der Waals surface area (Å²) in [6, 6.07) is 0. The summed E-state index contributed by atoms with van der Waals surface area (Å²) in [5.41, 5.74) is 0.0916. The summed E-state index contributed by atoms with van der Waals surface area (Å²) in [6.07, 6.45) is 0.841. The van der Waals surface area contributed by atoms with Gasteiger partial charge < -0.3 is 0 Å². The molecule has 1 aliphatic rings. The number of hydrogen-bond acceptors (Lipinski definition) is 3. The maximum absolute atomic E-state index is 11.2. The highest BCUT2D eigenvalue weighted by atomic mass is 32.2. The molecule has 2 N–H and O–H groups in total. The van der Waals surface area contributed by atoms with E-state index in [0.717, 1.165) is 19.5 Å². The van der Waals surface area contributed by atoms with Gasteiger partial charge in [-0.25, -0.2) is 5.14 Å². The third kappa shape index (κ3) is 3.71. The van der Waals surface area contributed by atoms with Crippen molar-refractivity contribution in [2.24, 2.45) is 5.14 Å². The van der Waals surface area contributed by atoms with E-state index in [1.165, 1.54) is 4.31 Å². The van der Waals surface area contributed by atoms with Gasteiger partial charge in [0.25, 0.3) is 10.2 Å². The summed E-state index contributed by atoms with van der Waals surface area (Å²) in [7, 11) is -3.51. The number of hydrogen-bond donors (Lipinski definition) is 1. The van der Waals surface area contributed by atoms with Gasteiger partial charge >= 0.3 is 0 Å². The Kier molecular flexibility index (Phi) is 3.76. The van der Waals surface area contributed by atoms with Crippen molar-refractivity contribution in [1.82, 2.24) is 9.21 Å². The lowest BCUT2D eigenvalue weighted by Gasteiger charge is -2.34. The lowest BCUT2D eigenvalue weighted by atomic mass is 10.1. The fourth-order valence-electron chi connectivity index (χ4n) is 1.82. The van der Waals surface area contributed by atoms with Crippen molar-refractivity contribution in [1.29, 1.82) is 0 Å². The van der Waals surface area contributed by atoms with Gasteiger partial charge in [-0.2, -0.15) is 12.7 Å². The quantitative estimate of drug-likeness (QED) is 0.695. The van der Waals surface area contributed by atoms with Crippen LogP contribution in [0.15, 0.2) is 0 Å². The topological polar surface area (TPSA) is 66.6 Å². The molecule has 1 aliphatic heterocycles. The van der Waals surface area contributed by atoms with Crippen LogP contribution >= 0.6 is 0 Å².